The van der Waals surface area contributed by atoms with Crippen LogP contribution < -0.4 is 5.32 Å². The van der Waals surface area contributed by atoms with Gasteiger partial charge in [0.1, 0.15) is 0 Å². The number of hydrogen-bond donors (Lipinski definition) is 1. The largest absolute Gasteiger partial charge is 0.449 e. The molecule has 1 atom stereocenters. The standard InChI is InChI=1S/C15H21NO5S/c1-10(2)9-16-14(17)11(3)21-15(18)12-5-7-13(8-6-12)22(4,19)20/h5-8,10-11H,9H2,1-4H3,(H,16,17). The lowest BCUT2D eigenvalue weighted by atomic mass is 10.2. The Morgan fingerprint density at radius 3 is 2.14 bits per heavy atom. The molecule has 0 saturated carbocycles. The van der Waals surface area contributed by atoms with Gasteiger partial charge in [0, 0.05) is 12.8 Å². The summed E-state index contributed by atoms with van der Waals surface area (Å²) in [5, 5.41) is 2.67. The maximum atomic E-state index is 11.9. The molecule has 0 bridgehead atoms. The molecule has 1 aromatic rings. The van der Waals surface area contributed by atoms with Crippen LogP contribution in [0.4, 0.5) is 0 Å². The van der Waals surface area contributed by atoms with Gasteiger partial charge in [-0.3, -0.25) is 4.79 Å². The van der Waals surface area contributed by atoms with E-state index in [0.717, 1.165) is 6.26 Å². The van der Waals surface area contributed by atoms with Crippen molar-refractivity contribution in [2.24, 2.45) is 5.92 Å². The zero-order valence-electron chi connectivity index (χ0n) is 13.1. The molecule has 0 aliphatic rings. The number of carbonyl (C=O) groups is 2. The van der Waals surface area contributed by atoms with E-state index < -0.39 is 21.9 Å². The summed E-state index contributed by atoms with van der Waals surface area (Å²) < 4.78 is 27.7. The second-order valence-electron chi connectivity index (χ2n) is 5.48. The average Bonchev–Trinajstić information content (AvgIpc) is 2.43. The molecule has 0 heterocycles. The van der Waals surface area contributed by atoms with Crippen molar-refractivity contribution in [3.8, 4) is 0 Å². The van der Waals surface area contributed by atoms with Gasteiger partial charge in [-0.1, -0.05) is 13.8 Å². The Kier molecular flexibility index (Phi) is 6.11. The molecule has 1 amide bonds. The smallest absolute Gasteiger partial charge is 0.338 e. The average molecular weight is 327 g/mol. The van der Waals surface area contributed by atoms with Crippen LogP contribution in [0.15, 0.2) is 29.2 Å². The third-order valence-electron chi connectivity index (χ3n) is 2.86. The topological polar surface area (TPSA) is 89.5 Å². The zero-order chi connectivity index (χ0) is 16.9. The van der Waals surface area contributed by atoms with Crippen molar-refractivity contribution in [1.82, 2.24) is 5.32 Å². The van der Waals surface area contributed by atoms with Gasteiger partial charge < -0.3 is 10.1 Å². The van der Waals surface area contributed by atoms with E-state index in [-0.39, 0.29) is 16.4 Å². The Hall–Kier alpha value is -1.89. The summed E-state index contributed by atoms with van der Waals surface area (Å²) in [5.74, 6) is -0.738. The molecule has 0 aliphatic heterocycles. The van der Waals surface area contributed by atoms with Crippen molar-refractivity contribution < 1.29 is 22.7 Å². The first-order valence-corrected chi connectivity index (χ1v) is 8.79. The molecule has 1 N–H and O–H groups in total. The van der Waals surface area contributed by atoms with Gasteiger partial charge in [-0.25, -0.2) is 13.2 Å². The minimum atomic E-state index is -3.31. The number of rotatable bonds is 6. The van der Waals surface area contributed by atoms with Crippen LogP contribution in [0.3, 0.4) is 0 Å². The van der Waals surface area contributed by atoms with Crippen molar-refractivity contribution in [2.45, 2.75) is 31.8 Å². The van der Waals surface area contributed by atoms with Crippen molar-refractivity contribution >= 4 is 21.7 Å². The Labute approximate surface area is 130 Å². The lowest BCUT2D eigenvalue weighted by molar-refractivity contribution is -0.129. The Bertz CT molecular complexity index is 634. The maximum absolute atomic E-state index is 11.9. The van der Waals surface area contributed by atoms with Crippen LogP contribution in [0.25, 0.3) is 0 Å². The molecule has 1 aromatic carbocycles. The normalized spacial score (nSPS) is 12.8. The van der Waals surface area contributed by atoms with E-state index in [4.69, 9.17) is 4.74 Å². The summed E-state index contributed by atoms with van der Waals surface area (Å²) in [4.78, 5) is 23.8. The molecule has 7 heteroatoms. The number of amides is 1. The van der Waals surface area contributed by atoms with Crippen molar-refractivity contribution in [1.29, 1.82) is 0 Å². The zero-order valence-corrected chi connectivity index (χ0v) is 13.9. The molecule has 1 rings (SSSR count). The maximum Gasteiger partial charge on any atom is 0.338 e. The first-order chi connectivity index (χ1) is 10.1. The van der Waals surface area contributed by atoms with Crippen LogP contribution >= 0.6 is 0 Å². The molecule has 0 fully saturated rings. The van der Waals surface area contributed by atoms with Crippen LogP contribution in [0.2, 0.25) is 0 Å². The molecule has 0 spiro atoms. The van der Waals surface area contributed by atoms with Gasteiger partial charge in [0.05, 0.1) is 10.5 Å². The molecule has 0 aromatic heterocycles. The fourth-order valence-corrected chi connectivity index (χ4v) is 2.20. The molecule has 0 aliphatic carbocycles. The number of benzene rings is 1. The first-order valence-electron chi connectivity index (χ1n) is 6.90. The second kappa shape index (κ2) is 7.40. The number of esters is 1. The molecule has 1 unspecified atom stereocenters. The van der Waals surface area contributed by atoms with Crippen LogP contribution in [-0.2, 0) is 19.4 Å². The van der Waals surface area contributed by atoms with E-state index in [2.05, 4.69) is 5.32 Å². The molecule has 22 heavy (non-hydrogen) atoms. The monoisotopic (exact) mass is 327 g/mol. The molecule has 0 saturated heterocycles. The third-order valence-corrected chi connectivity index (χ3v) is 3.98. The number of sulfone groups is 1. The second-order valence-corrected chi connectivity index (χ2v) is 7.50. The summed E-state index contributed by atoms with van der Waals surface area (Å²) in [6.45, 7) is 5.91. The lowest BCUT2D eigenvalue weighted by Crippen LogP contribution is -2.37. The van der Waals surface area contributed by atoms with Crippen LogP contribution in [0.1, 0.15) is 31.1 Å². The fraction of sp³-hybridized carbons (Fsp3) is 0.467. The quantitative estimate of drug-likeness (QED) is 0.798. The lowest BCUT2D eigenvalue weighted by Gasteiger charge is -2.14. The molecule has 6 nitrogen and oxygen atoms in total. The van der Waals surface area contributed by atoms with Crippen molar-refractivity contribution in [3.63, 3.8) is 0 Å². The molecular weight excluding hydrogens is 306 g/mol. The summed E-state index contributed by atoms with van der Waals surface area (Å²) in [6.07, 6.45) is 0.169. The molecule has 0 radical (unpaired) electrons. The summed E-state index contributed by atoms with van der Waals surface area (Å²) in [6, 6.07) is 5.37. The number of hydrogen-bond acceptors (Lipinski definition) is 5. The Morgan fingerprint density at radius 1 is 1.14 bits per heavy atom. The van der Waals surface area contributed by atoms with E-state index in [1.165, 1.54) is 31.2 Å². The SMILES string of the molecule is CC(C)CNC(=O)C(C)OC(=O)c1ccc(S(C)(=O)=O)cc1. The molecular formula is C15H21NO5S. The fourth-order valence-electron chi connectivity index (χ4n) is 1.57. The van der Waals surface area contributed by atoms with E-state index in [0.29, 0.717) is 12.5 Å². The summed E-state index contributed by atoms with van der Waals surface area (Å²) >= 11 is 0. The van der Waals surface area contributed by atoms with E-state index in [1.807, 2.05) is 13.8 Å². The van der Waals surface area contributed by atoms with E-state index in [9.17, 15) is 18.0 Å². The number of carbonyl (C=O) groups excluding carboxylic acids is 2. The van der Waals surface area contributed by atoms with Crippen LogP contribution in [-0.4, -0.2) is 39.2 Å². The minimum Gasteiger partial charge on any atom is -0.449 e. The first kappa shape index (κ1) is 18.2. The van der Waals surface area contributed by atoms with Crippen molar-refractivity contribution in [2.75, 3.05) is 12.8 Å². The predicted octanol–water partition coefficient (Wildman–Crippen LogP) is 1.41. The summed E-state index contributed by atoms with van der Waals surface area (Å²) in [7, 11) is -3.31. The van der Waals surface area contributed by atoms with Crippen molar-refractivity contribution in [3.05, 3.63) is 29.8 Å². The van der Waals surface area contributed by atoms with Crippen LogP contribution in [0.5, 0.6) is 0 Å². The third kappa shape index (κ3) is 5.48. The van der Waals surface area contributed by atoms with Crippen LogP contribution in [0, 0.1) is 5.92 Å². The highest BCUT2D eigenvalue weighted by molar-refractivity contribution is 7.90. The van der Waals surface area contributed by atoms with Gasteiger partial charge in [-0.05, 0) is 37.1 Å². The van der Waals surface area contributed by atoms with Gasteiger partial charge in [0.2, 0.25) is 0 Å². The summed E-state index contributed by atoms with van der Waals surface area (Å²) in [5.41, 5.74) is 0.191. The number of nitrogens with one attached hydrogen (secondary N) is 1. The van der Waals surface area contributed by atoms with Gasteiger partial charge in [0.25, 0.3) is 5.91 Å². The Morgan fingerprint density at radius 2 is 1.68 bits per heavy atom. The van der Waals surface area contributed by atoms with Gasteiger partial charge in [-0.2, -0.15) is 0 Å². The van der Waals surface area contributed by atoms with E-state index in [1.54, 1.807) is 0 Å². The highest BCUT2D eigenvalue weighted by Crippen LogP contribution is 2.12. The number of ether oxygens (including phenoxy) is 1. The highest BCUT2D eigenvalue weighted by Gasteiger charge is 2.19. The van der Waals surface area contributed by atoms with Gasteiger partial charge in [0.15, 0.2) is 15.9 Å². The molecule has 122 valence electrons. The Balaban J connectivity index is 2.67. The minimum absolute atomic E-state index is 0.117. The predicted molar refractivity (Wildman–Crippen MR) is 82.3 cm³/mol. The van der Waals surface area contributed by atoms with E-state index >= 15 is 0 Å². The van der Waals surface area contributed by atoms with Gasteiger partial charge in [-0.15, -0.1) is 0 Å². The highest BCUT2D eigenvalue weighted by atomic mass is 32.2. The van der Waals surface area contributed by atoms with Gasteiger partial charge >= 0.3 is 5.97 Å².